The van der Waals surface area contributed by atoms with Crippen LogP contribution in [0.2, 0.25) is 0 Å². The minimum atomic E-state index is 0.249. The van der Waals surface area contributed by atoms with Crippen molar-refractivity contribution in [2.24, 2.45) is 0 Å². The second kappa shape index (κ2) is 5.45. The summed E-state index contributed by atoms with van der Waals surface area (Å²) in [5, 5.41) is 12.4. The first-order valence-electron chi connectivity index (χ1n) is 7.67. The van der Waals surface area contributed by atoms with E-state index in [0.29, 0.717) is 17.4 Å². The van der Waals surface area contributed by atoms with Gasteiger partial charge in [0.05, 0.1) is 11.1 Å². The fourth-order valence-electron chi connectivity index (χ4n) is 2.60. The summed E-state index contributed by atoms with van der Waals surface area (Å²) < 4.78 is 7.24. The normalized spacial score (nSPS) is 11.5. The lowest BCUT2D eigenvalue weighted by Crippen LogP contribution is -2.02. The monoisotopic (exact) mass is 320 g/mol. The van der Waals surface area contributed by atoms with E-state index < -0.39 is 0 Å². The van der Waals surface area contributed by atoms with Crippen LogP contribution < -0.4 is 5.73 Å². The minimum Gasteiger partial charge on any atom is -0.398 e. The zero-order chi connectivity index (χ0) is 16.7. The first-order valence-corrected chi connectivity index (χ1v) is 7.67. The Bertz CT molecular complexity index is 1020. The van der Waals surface area contributed by atoms with Crippen molar-refractivity contribution in [1.29, 1.82) is 0 Å². The van der Waals surface area contributed by atoms with Gasteiger partial charge < -0.3 is 10.3 Å². The largest absolute Gasteiger partial charge is 0.398 e. The molecule has 0 saturated carbocycles. The molecule has 0 aliphatic carbocycles. The number of nitrogens with zero attached hydrogens (tertiary/aromatic N) is 5. The number of hydrogen-bond donors (Lipinski definition) is 1. The molecule has 0 amide bonds. The summed E-state index contributed by atoms with van der Waals surface area (Å²) in [6, 6.07) is 13.5. The average molecular weight is 320 g/mol. The van der Waals surface area contributed by atoms with E-state index in [-0.39, 0.29) is 6.04 Å². The topological polar surface area (TPSA) is 95.7 Å². The van der Waals surface area contributed by atoms with Crippen LogP contribution in [0.4, 0.5) is 5.69 Å². The highest BCUT2D eigenvalue weighted by atomic mass is 16.5. The summed E-state index contributed by atoms with van der Waals surface area (Å²) in [7, 11) is 0. The van der Waals surface area contributed by atoms with Gasteiger partial charge in [-0.15, -0.1) is 5.10 Å². The molecule has 0 spiro atoms. The third-order valence-electron chi connectivity index (χ3n) is 3.84. The number of rotatable bonds is 3. The van der Waals surface area contributed by atoms with E-state index in [1.54, 1.807) is 6.07 Å². The van der Waals surface area contributed by atoms with Crippen LogP contribution in [0.15, 0.2) is 47.0 Å². The van der Waals surface area contributed by atoms with Gasteiger partial charge in [-0.3, -0.25) is 0 Å². The van der Waals surface area contributed by atoms with E-state index in [4.69, 9.17) is 10.3 Å². The predicted octanol–water partition coefficient (Wildman–Crippen LogP) is 3.31. The smallest absolute Gasteiger partial charge is 0.260 e. The molecule has 2 aromatic heterocycles. The molecule has 0 aliphatic heterocycles. The Balaban J connectivity index is 1.75. The van der Waals surface area contributed by atoms with E-state index in [0.717, 1.165) is 22.2 Å². The highest BCUT2D eigenvalue weighted by Crippen LogP contribution is 2.27. The molecule has 4 aromatic rings. The Morgan fingerprint density at radius 3 is 2.75 bits per heavy atom. The zero-order valence-electron chi connectivity index (χ0n) is 13.3. The van der Waals surface area contributed by atoms with Crippen molar-refractivity contribution in [3.63, 3.8) is 0 Å². The van der Waals surface area contributed by atoms with E-state index >= 15 is 0 Å². The second-order valence-corrected chi connectivity index (χ2v) is 5.84. The average Bonchev–Trinajstić information content (AvgIpc) is 3.21. The van der Waals surface area contributed by atoms with Crippen LogP contribution in [0.3, 0.4) is 0 Å². The molecule has 0 unspecified atom stereocenters. The maximum atomic E-state index is 5.96. The Morgan fingerprint density at radius 1 is 1.12 bits per heavy atom. The highest BCUT2D eigenvalue weighted by molar-refractivity contribution is 5.80. The van der Waals surface area contributed by atoms with Crippen LogP contribution in [-0.2, 0) is 0 Å². The van der Waals surface area contributed by atoms with Gasteiger partial charge in [-0.25, -0.2) is 4.68 Å². The fraction of sp³-hybridized carbons (Fsp3) is 0.176. The summed E-state index contributed by atoms with van der Waals surface area (Å²) in [4.78, 5) is 4.45. The molecule has 2 aromatic carbocycles. The molecule has 4 rings (SSSR count). The second-order valence-electron chi connectivity index (χ2n) is 5.84. The first kappa shape index (κ1) is 14.4. The van der Waals surface area contributed by atoms with E-state index in [9.17, 15) is 0 Å². The lowest BCUT2D eigenvalue weighted by atomic mass is 10.1. The number of hydrogen-bond acceptors (Lipinski definition) is 6. The quantitative estimate of drug-likeness (QED) is 0.582. The Morgan fingerprint density at radius 2 is 1.96 bits per heavy atom. The number of para-hydroxylation sites is 1. The van der Waals surface area contributed by atoms with Gasteiger partial charge in [-0.1, -0.05) is 22.5 Å². The molecular weight excluding hydrogens is 304 g/mol. The Labute approximate surface area is 138 Å². The maximum Gasteiger partial charge on any atom is 0.260 e. The van der Waals surface area contributed by atoms with Crippen LogP contribution >= 0.6 is 0 Å². The van der Waals surface area contributed by atoms with Crippen molar-refractivity contribution in [2.45, 2.75) is 19.9 Å². The van der Waals surface area contributed by atoms with Gasteiger partial charge in [0.15, 0.2) is 0 Å². The van der Waals surface area contributed by atoms with Crippen molar-refractivity contribution < 1.29 is 4.52 Å². The number of aromatic nitrogens is 5. The number of anilines is 1. The van der Waals surface area contributed by atoms with Crippen molar-refractivity contribution in [3.8, 4) is 22.8 Å². The van der Waals surface area contributed by atoms with Crippen LogP contribution in [0, 0.1) is 0 Å². The van der Waals surface area contributed by atoms with Crippen LogP contribution in [0.5, 0.6) is 0 Å². The van der Waals surface area contributed by atoms with E-state index in [2.05, 4.69) is 34.3 Å². The van der Waals surface area contributed by atoms with Crippen molar-refractivity contribution >= 4 is 16.7 Å². The van der Waals surface area contributed by atoms with Crippen LogP contribution in [0.1, 0.15) is 19.9 Å². The molecule has 0 fully saturated rings. The molecule has 2 N–H and O–H groups in total. The summed E-state index contributed by atoms with van der Waals surface area (Å²) in [6.45, 7) is 4.13. The lowest BCUT2D eigenvalue weighted by Gasteiger charge is -2.04. The highest BCUT2D eigenvalue weighted by Gasteiger charge is 2.14. The number of fused-ring (bicyclic) bond motifs is 1. The lowest BCUT2D eigenvalue weighted by molar-refractivity contribution is 0.432. The molecular formula is C17H16N6O. The molecule has 0 radical (unpaired) electrons. The number of nitrogens with two attached hydrogens (primary N) is 1. The molecule has 7 heteroatoms. The van der Waals surface area contributed by atoms with E-state index in [1.807, 2.05) is 41.1 Å². The molecule has 2 heterocycles. The summed E-state index contributed by atoms with van der Waals surface area (Å²) >= 11 is 0. The van der Waals surface area contributed by atoms with Crippen LogP contribution in [0.25, 0.3) is 33.9 Å². The summed E-state index contributed by atoms with van der Waals surface area (Å²) in [5.74, 6) is 0.892. The molecule has 0 atom stereocenters. The van der Waals surface area contributed by atoms with Gasteiger partial charge in [-0.05, 0) is 44.2 Å². The van der Waals surface area contributed by atoms with E-state index in [1.165, 1.54) is 0 Å². The summed E-state index contributed by atoms with van der Waals surface area (Å²) in [5.41, 5.74) is 9.88. The number of nitrogen functional groups attached to an aromatic ring is 1. The predicted molar refractivity (Wildman–Crippen MR) is 91.1 cm³/mol. The standard InChI is InChI=1S/C17H16N6O/c1-10(2)23-15-8-7-11(9-14(15)20-22-23)16-19-17(24-21-16)12-5-3-4-6-13(12)18/h3-10H,18H2,1-2H3. The van der Waals surface area contributed by atoms with Gasteiger partial charge in [0, 0.05) is 17.3 Å². The molecule has 0 bridgehead atoms. The zero-order valence-corrected chi connectivity index (χ0v) is 13.3. The molecule has 7 nitrogen and oxygen atoms in total. The Kier molecular flexibility index (Phi) is 3.26. The number of benzene rings is 2. The third kappa shape index (κ3) is 2.30. The van der Waals surface area contributed by atoms with Crippen LogP contribution in [-0.4, -0.2) is 25.1 Å². The summed E-state index contributed by atoms with van der Waals surface area (Å²) in [6.07, 6.45) is 0. The van der Waals surface area contributed by atoms with Gasteiger partial charge in [0.25, 0.3) is 5.89 Å². The maximum absolute atomic E-state index is 5.96. The third-order valence-corrected chi connectivity index (χ3v) is 3.84. The molecule has 0 aliphatic rings. The fourth-order valence-corrected chi connectivity index (χ4v) is 2.60. The van der Waals surface area contributed by atoms with Gasteiger partial charge in [0.1, 0.15) is 5.52 Å². The van der Waals surface area contributed by atoms with Crippen molar-refractivity contribution in [2.75, 3.05) is 5.73 Å². The minimum absolute atomic E-state index is 0.249. The van der Waals surface area contributed by atoms with Crippen molar-refractivity contribution in [3.05, 3.63) is 42.5 Å². The Hall–Kier alpha value is -3.22. The first-order chi connectivity index (χ1) is 11.6. The van der Waals surface area contributed by atoms with Gasteiger partial charge in [-0.2, -0.15) is 4.98 Å². The molecule has 0 saturated heterocycles. The molecule has 120 valence electrons. The van der Waals surface area contributed by atoms with Gasteiger partial charge >= 0.3 is 0 Å². The molecule has 24 heavy (non-hydrogen) atoms. The SMILES string of the molecule is CC(C)n1nnc2cc(-c3noc(-c4ccccc4N)n3)ccc21. The van der Waals surface area contributed by atoms with Crippen molar-refractivity contribution in [1.82, 2.24) is 25.1 Å². The van der Waals surface area contributed by atoms with Gasteiger partial charge in [0.2, 0.25) is 5.82 Å².